The van der Waals surface area contributed by atoms with Crippen molar-refractivity contribution in [2.75, 3.05) is 11.6 Å². The van der Waals surface area contributed by atoms with E-state index in [1.165, 1.54) is 0 Å². The van der Waals surface area contributed by atoms with E-state index in [0.29, 0.717) is 17.7 Å². The van der Waals surface area contributed by atoms with Gasteiger partial charge in [-0.15, -0.1) is 0 Å². The number of imidazole rings is 1. The average Bonchev–Trinajstić information content (AvgIpc) is 3.41. The van der Waals surface area contributed by atoms with Crippen molar-refractivity contribution in [3.05, 3.63) is 114 Å². The highest BCUT2D eigenvalue weighted by atomic mass is 16.4. The highest BCUT2D eigenvalue weighted by Crippen LogP contribution is 2.29. The summed E-state index contributed by atoms with van der Waals surface area (Å²) >= 11 is 0. The third kappa shape index (κ3) is 6.35. The Balaban J connectivity index is 1.68. The molecule has 4 rings (SSSR count). The second-order valence-corrected chi connectivity index (χ2v) is 7.71. The van der Waals surface area contributed by atoms with Gasteiger partial charge in [-0.05, 0) is 41.0 Å². The Morgan fingerprint density at radius 2 is 1.74 bits per heavy atom. The Bertz CT molecular complexity index is 1290. The first-order valence-corrected chi connectivity index (χ1v) is 11.0. The maximum absolute atomic E-state index is 12.8. The molecule has 0 atom stereocenters. The lowest BCUT2D eigenvalue weighted by Gasteiger charge is -2.25. The molecule has 0 aliphatic rings. The number of aromatic amines is 1. The topological polar surface area (TPSA) is 110 Å². The van der Waals surface area contributed by atoms with Crippen LogP contribution >= 0.6 is 0 Å². The second kappa shape index (κ2) is 11.3. The van der Waals surface area contributed by atoms with Gasteiger partial charge in [0, 0.05) is 18.0 Å². The molecule has 4 aromatic rings. The molecule has 0 bridgehead atoms. The molecule has 1 heterocycles. The SMILES string of the molecule is O=C(O)CNC(=O)c1ccc(N(Cc2cnc[nH]2)N/C=C/c2ccccc2)cc1-c1ccccc1. The number of H-pyrrole nitrogens is 1. The predicted octanol–water partition coefficient (Wildman–Crippen LogP) is 4.07. The van der Waals surface area contributed by atoms with E-state index < -0.39 is 18.4 Å². The summed E-state index contributed by atoms with van der Waals surface area (Å²) in [6.07, 6.45) is 7.19. The minimum absolute atomic E-state index is 0.391. The molecule has 8 nitrogen and oxygen atoms in total. The van der Waals surface area contributed by atoms with E-state index in [0.717, 1.165) is 22.5 Å². The van der Waals surface area contributed by atoms with Gasteiger partial charge < -0.3 is 20.8 Å². The van der Waals surface area contributed by atoms with E-state index in [1.807, 2.05) is 90.1 Å². The van der Waals surface area contributed by atoms with E-state index in [4.69, 9.17) is 5.11 Å². The van der Waals surface area contributed by atoms with E-state index in [2.05, 4.69) is 20.7 Å². The quantitative estimate of drug-likeness (QED) is 0.262. The monoisotopic (exact) mass is 467 g/mol. The molecule has 0 spiro atoms. The van der Waals surface area contributed by atoms with Crippen LogP contribution in [0.25, 0.3) is 17.2 Å². The summed E-state index contributed by atoms with van der Waals surface area (Å²) in [6, 6.07) is 24.9. The zero-order valence-corrected chi connectivity index (χ0v) is 18.9. The van der Waals surface area contributed by atoms with Crippen molar-refractivity contribution < 1.29 is 14.7 Å². The van der Waals surface area contributed by atoms with Crippen LogP contribution in [0, 0.1) is 0 Å². The number of hydrogen-bond acceptors (Lipinski definition) is 5. The van der Waals surface area contributed by atoms with Crippen LogP contribution in [0.2, 0.25) is 0 Å². The number of aliphatic carboxylic acids is 1. The number of carbonyl (C=O) groups excluding carboxylic acids is 1. The van der Waals surface area contributed by atoms with Crippen molar-refractivity contribution in [1.82, 2.24) is 20.7 Å². The Kier molecular flexibility index (Phi) is 7.55. The molecule has 1 amide bonds. The molecule has 0 fully saturated rings. The molecule has 0 unspecified atom stereocenters. The van der Waals surface area contributed by atoms with Crippen LogP contribution in [0.1, 0.15) is 21.6 Å². The first-order valence-electron chi connectivity index (χ1n) is 11.0. The fraction of sp³-hybridized carbons (Fsp3) is 0.0741. The Morgan fingerprint density at radius 3 is 2.43 bits per heavy atom. The van der Waals surface area contributed by atoms with Crippen molar-refractivity contribution >= 4 is 23.6 Å². The third-order valence-corrected chi connectivity index (χ3v) is 5.23. The van der Waals surface area contributed by atoms with Crippen LogP contribution in [0.4, 0.5) is 5.69 Å². The van der Waals surface area contributed by atoms with Gasteiger partial charge in [0.25, 0.3) is 5.91 Å². The maximum Gasteiger partial charge on any atom is 0.322 e. The van der Waals surface area contributed by atoms with Crippen LogP contribution in [-0.2, 0) is 11.3 Å². The second-order valence-electron chi connectivity index (χ2n) is 7.71. The molecule has 0 aliphatic carbocycles. The predicted molar refractivity (Wildman–Crippen MR) is 135 cm³/mol. The van der Waals surface area contributed by atoms with E-state index in [9.17, 15) is 9.59 Å². The summed E-state index contributed by atoms with van der Waals surface area (Å²) in [7, 11) is 0. The van der Waals surface area contributed by atoms with Crippen LogP contribution in [0.15, 0.2) is 97.6 Å². The molecule has 0 aliphatic heterocycles. The molecule has 176 valence electrons. The molecule has 8 heteroatoms. The van der Waals surface area contributed by atoms with Crippen LogP contribution in [0.3, 0.4) is 0 Å². The Hall–Kier alpha value is -4.85. The van der Waals surface area contributed by atoms with Gasteiger partial charge in [-0.3, -0.25) is 14.6 Å². The first-order chi connectivity index (χ1) is 17.1. The number of benzene rings is 3. The van der Waals surface area contributed by atoms with Crippen LogP contribution in [0.5, 0.6) is 0 Å². The Morgan fingerprint density at radius 1 is 1.00 bits per heavy atom. The third-order valence-electron chi connectivity index (χ3n) is 5.23. The molecular formula is C27H25N5O3. The van der Waals surface area contributed by atoms with Gasteiger partial charge in [0.15, 0.2) is 0 Å². The number of carboxylic acid groups (broad SMARTS) is 1. The lowest BCUT2D eigenvalue weighted by molar-refractivity contribution is -0.135. The van der Waals surface area contributed by atoms with E-state index in [1.54, 1.807) is 18.6 Å². The smallest absolute Gasteiger partial charge is 0.322 e. The number of hydrogen-bond donors (Lipinski definition) is 4. The number of nitrogens with zero attached hydrogens (tertiary/aromatic N) is 2. The summed E-state index contributed by atoms with van der Waals surface area (Å²) in [5, 5.41) is 13.3. The number of rotatable bonds is 10. The standard InChI is InChI=1S/C27H25N5O3/c33-26(34)17-29-27(35)24-12-11-23(15-25(24)21-9-5-2-6-10-21)32(18-22-16-28-19-30-22)31-14-13-20-7-3-1-4-8-20/h1-16,19,31H,17-18H2,(H,28,30)(H,29,35)(H,33,34)/b14-13+. The number of hydrazine groups is 1. The molecular weight excluding hydrogens is 442 g/mol. The maximum atomic E-state index is 12.8. The van der Waals surface area contributed by atoms with Crippen molar-refractivity contribution in [1.29, 1.82) is 0 Å². The summed E-state index contributed by atoms with van der Waals surface area (Å²) in [5.74, 6) is -1.55. The zero-order chi connectivity index (χ0) is 24.5. The first kappa shape index (κ1) is 23.3. The minimum Gasteiger partial charge on any atom is -0.480 e. The number of carboxylic acids is 1. The van der Waals surface area contributed by atoms with Gasteiger partial charge in [-0.25, -0.2) is 4.98 Å². The van der Waals surface area contributed by atoms with Crippen molar-refractivity contribution in [2.45, 2.75) is 6.54 Å². The van der Waals surface area contributed by atoms with Crippen LogP contribution in [-0.4, -0.2) is 33.5 Å². The largest absolute Gasteiger partial charge is 0.480 e. The highest BCUT2D eigenvalue weighted by Gasteiger charge is 2.17. The molecule has 4 N–H and O–H groups in total. The molecule has 35 heavy (non-hydrogen) atoms. The normalized spacial score (nSPS) is 10.7. The number of anilines is 1. The molecule has 0 saturated carbocycles. The summed E-state index contributed by atoms with van der Waals surface area (Å²) in [4.78, 5) is 30.9. The number of carbonyl (C=O) groups is 2. The molecule has 0 radical (unpaired) electrons. The van der Waals surface area contributed by atoms with Gasteiger partial charge in [0.1, 0.15) is 6.54 Å². The summed E-state index contributed by atoms with van der Waals surface area (Å²) in [5.41, 5.74) is 8.00. The fourth-order valence-corrected chi connectivity index (χ4v) is 3.55. The molecule has 0 saturated heterocycles. The van der Waals surface area contributed by atoms with Gasteiger partial charge in [-0.2, -0.15) is 0 Å². The lowest BCUT2D eigenvalue weighted by Crippen LogP contribution is -2.34. The van der Waals surface area contributed by atoms with E-state index >= 15 is 0 Å². The summed E-state index contributed by atoms with van der Waals surface area (Å²) in [6.45, 7) is 0.0323. The number of aromatic nitrogens is 2. The highest BCUT2D eigenvalue weighted by molar-refractivity contribution is 6.02. The minimum atomic E-state index is -1.10. The lowest BCUT2D eigenvalue weighted by atomic mass is 9.98. The van der Waals surface area contributed by atoms with Gasteiger partial charge >= 0.3 is 5.97 Å². The van der Waals surface area contributed by atoms with Gasteiger partial charge in [0.2, 0.25) is 0 Å². The number of amides is 1. The molecule has 3 aromatic carbocycles. The van der Waals surface area contributed by atoms with E-state index in [-0.39, 0.29) is 0 Å². The Labute approximate surface area is 202 Å². The number of nitrogens with one attached hydrogen (secondary N) is 3. The van der Waals surface area contributed by atoms with Crippen molar-refractivity contribution in [3.8, 4) is 11.1 Å². The average molecular weight is 468 g/mol. The van der Waals surface area contributed by atoms with Gasteiger partial charge in [0.05, 0.1) is 24.3 Å². The van der Waals surface area contributed by atoms with Crippen molar-refractivity contribution in [2.24, 2.45) is 0 Å². The molecule has 1 aromatic heterocycles. The van der Waals surface area contributed by atoms with Gasteiger partial charge in [-0.1, -0.05) is 60.7 Å². The summed E-state index contributed by atoms with van der Waals surface area (Å²) < 4.78 is 0. The van der Waals surface area contributed by atoms with Crippen molar-refractivity contribution in [3.63, 3.8) is 0 Å². The fourth-order valence-electron chi connectivity index (χ4n) is 3.55. The zero-order valence-electron chi connectivity index (χ0n) is 18.9. The van der Waals surface area contributed by atoms with Crippen LogP contribution < -0.4 is 15.8 Å².